The number of carbonyl (C=O) groups excluding carboxylic acids is 1. The van der Waals surface area contributed by atoms with E-state index in [4.69, 9.17) is 10.5 Å². The molecule has 0 spiro atoms. The monoisotopic (exact) mass is 222 g/mol. The van der Waals surface area contributed by atoms with Crippen molar-refractivity contribution >= 4 is 11.6 Å². The van der Waals surface area contributed by atoms with Crippen LogP contribution in [0.4, 0.5) is 5.69 Å². The van der Waals surface area contributed by atoms with Gasteiger partial charge >= 0.3 is 0 Å². The zero-order valence-corrected chi connectivity index (χ0v) is 9.93. The number of amides is 1. The van der Waals surface area contributed by atoms with E-state index in [0.29, 0.717) is 6.54 Å². The van der Waals surface area contributed by atoms with Crippen LogP contribution in [-0.2, 0) is 4.79 Å². The maximum atomic E-state index is 11.8. The van der Waals surface area contributed by atoms with Crippen molar-refractivity contribution in [2.45, 2.75) is 6.92 Å². The van der Waals surface area contributed by atoms with E-state index in [9.17, 15) is 4.79 Å². The fourth-order valence-electron chi connectivity index (χ4n) is 1.36. The van der Waals surface area contributed by atoms with Gasteiger partial charge in [-0.05, 0) is 24.3 Å². The van der Waals surface area contributed by atoms with Crippen LogP contribution in [0, 0.1) is 5.92 Å². The molecule has 1 atom stereocenters. The average Bonchev–Trinajstić information content (AvgIpc) is 2.36. The van der Waals surface area contributed by atoms with Gasteiger partial charge in [-0.25, -0.2) is 0 Å². The fourth-order valence-corrected chi connectivity index (χ4v) is 1.36. The summed E-state index contributed by atoms with van der Waals surface area (Å²) in [6.45, 7) is 2.18. The molecule has 1 aromatic carbocycles. The van der Waals surface area contributed by atoms with Crippen LogP contribution in [0.1, 0.15) is 6.92 Å². The number of hydrogen-bond acceptors (Lipinski definition) is 3. The summed E-state index contributed by atoms with van der Waals surface area (Å²) in [6, 6.07) is 7.35. The van der Waals surface area contributed by atoms with E-state index < -0.39 is 0 Å². The van der Waals surface area contributed by atoms with Crippen molar-refractivity contribution in [1.82, 2.24) is 0 Å². The molecule has 1 rings (SSSR count). The molecular formula is C12H18N2O2. The first-order valence-corrected chi connectivity index (χ1v) is 5.21. The molecule has 88 valence electrons. The third kappa shape index (κ3) is 2.73. The lowest BCUT2D eigenvalue weighted by molar-refractivity contribution is -0.121. The Morgan fingerprint density at radius 3 is 2.44 bits per heavy atom. The molecule has 0 aliphatic carbocycles. The first kappa shape index (κ1) is 12.5. The molecule has 0 fully saturated rings. The molecule has 0 bridgehead atoms. The lowest BCUT2D eigenvalue weighted by Crippen LogP contribution is -2.35. The predicted octanol–water partition coefficient (Wildman–Crippen LogP) is 1.25. The van der Waals surface area contributed by atoms with Crippen LogP contribution in [0.5, 0.6) is 5.75 Å². The summed E-state index contributed by atoms with van der Waals surface area (Å²) in [6.07, 6.45) is 0. The minimum Gasteiger partial charge on any atom is -0.497 e. The van der Waals surface area contributed by atoms with Gasteiger partial charge in [0.05, 0.1) is 7.11 Å². The summed E-state index contributed by atoms with van der Waals surface area (Å²) in [5.74, 6) is 0.635. The Morgan fingerprint density at radius 2 is 2.00 bits per heavy atom. The van der Waals surface area contributed by atoms with Crippen molar-refractivity contribution in [3.63, 3.8) is 0 Å². The zero-order chi connectivity index (χ0) is 12.1. The van der Waals surface area contributed by atoms with Gasteiger partial charge in [-0.15, -0.1) is 0 Å². The molecule has 0 aliphatic rings. The first-order chi connectivity index (χ1) is 7.60. The van der Waals surface area contributed by atoms with E-state index in [0.717, 1.165) is 11.4 Å². The lowest BCUT2D eigenvalue weighted by atomic mass is 10.1. The van der Waals surface area contributed by atoms with Crippen molar-refractivity contribution in [2.75, 3.05) is 25.6 Å². The third-order valence-electron chi connectivity index (χ3n) is 2.57. The Kier molecular flexibility index (Phi) is 4.31. The Bertz CT molecular complexity index is 349. The number of hydrogen-bond donors (Lipinski definition) is 1. The quantitative estimate of drug-likeness (QED) is 0.834. The number of carbonyl (C=O) groups is 1. The van der Waals surface area contributed by atoms with Gasteiger partial charge in [0.15, 0.2) is 0 Å². The molecule has 1 amide bonds. The maximum Gasteiger partial charge on any atom is 0.230 e. The number of ether oxygens (including phenoxy) is 1. The van der Waals surface area contributed by atoms with Crippen LogP contribution in [0.3, 0.4) is 0 Å². The van der Waals surface area contributed by atoms with Crippen LogP contribution in [0.2, 0.25) is 0 Å². The zero-order valence-electron chi connectivity index (χ0n) is 9.93. The van der Waals surface area contributed by atoms with Gasteiger partial charge in [-0.3, -0.25) is 4.79 Å². The van der Waals surface area contributed by atoms with E-state index in [1.165, 1.54) is 0 Å². The molecule has 0 aliphatic heterocycles. The van der Waals surface area contributed by atoms with Crippen molar-refractivity contribution in [2.24, 2.45) is 11.7 Å². The number of nitrogens with zero attached hydrogens (tertiary/aromatic N) is 1. The smallest absolute Gasteiger partial charge is 0.230 e. The molecule has 4 nitrogen and oxygen atoms in total. The van der Waals surface area contributed by atoms with E-state index >= 15 is 0 Å². The summed E-state index contributed by atoms with van der Waals surface area (Å²) < 4.78 is 5.05. The van der Waals surface area contributed by atoms with Crippen LogP contribution in [0.25, 0.3) is 0 Å². The second-order valence-corrected chi connectivity index (χ2v) is 3.73. The minimum atomic E-state index is -0.160. The SMILES string of the molecule is COc1ccc(N(C)C(=O)C(C)CN)cc1. The Labute approximate surface area is 96.0 Å². The second-order valence-electron chi connectivity index (χ2n) is 3.73. The van der Waals surface area contributed by atoms with Crippen molar-refractivity contribution < 1.29 is 9.53 Å². The Morgan fingerprint density at radius 1 is 1.44 bits per heavy atom. The number of rotatable bonds is 4. The molecule has 16 heavy (non-hydrogen) atoms. The number of anilines is 1. The van der Waals surface area contributed by atoms with Gasteiger partial charge in [-0.2, -0.15) is 0 Å². The molecule has 1 aromatic rings. The van der Waals surface area contributed by atoms with Gasteiger partial charge in [-0.1, -0.05) is 6.92 Å². The Hall–Kier alpha value is -1.55. The van der Waals surface area contributed by atoms with Gasteiger partial charge in [0, 0.05) is 25.2 Å². The van der Waals surface area contributed by atoms with Gasteiger partial charge in [0.2, 0.25) is 5.91 Å². The standard InChI is InChI=1S/C12H18N2O2/c1-9(8-13)12(15)14(2)10-4-6-11(16-3)7-5-10/h4-7,9H,8,13H2,1-3H3. The maximum absolute atomic E-state index is 11.8. The molecule has 4 heteroatoms. The van der Waals surface area contributed by atoms with Crippen molar-refractivity contribution in [1.29, 1.82) is 0 Å². The lowest BCUT2D eigenvalue weighted by Gasteiger charge is -2.20. The molecule has 0 aromatic heterocycles. The highest BCUT2D eigenvalue weighted by Gasteiger charge is 2.16. The van der Waals surface area contributed by atoms with Crippen LogP contribution in [0.15, 0.2) is 24.3 Å². The van der Waals surface area contributed by atoms with Crippen molar-refractivity contribution in [3.8, 4) is 5.75 Å². The molecule has 0 heterocycles. The first-order valence-electron chi connectivity index (χ1n) is 5.21. The summed E-state index contributed by atoms with van der Waals surface area (Å²) in [5.41, 5.74) is 6.31. The largest absolute Gasteiger partial charge is 0.497 e. The van der Waals surface area contributed by atoms with Crippen LogP contribution in [-0.4, -0.2) is 26.6 Å². The molecule has 0 saturated heterocycles. The van der Waals surface area contributed by atoms with E-state index in [2.05, 4.69) is 0 Å². The molecular weight excluding hydrogens is 204 g/mol. The Balaban J connectivity index is 2.79. The average molecular weight is 222 g/mol. The minimum absolute atomic E-state index is 0.0210. The number of nitrogens with two attached hydrogens (primary N) is 1. The van der Waals surface area contributed by atoms with E-state index in [1.54, 1.807) is 19.1 Å². The summed E-state index contributed by atoms with van der Waals surface area (Å²) in [4.78, 5) is 13.5. The fraction of sp³-hybridized carbons (Fsp3) is 0.417. The highest BCUT2D eigenvalue weighted by atomic mass is 16.5. The molecule has 0 radical (unpaired) electrons. The van der Waals surface area contributed by atoms with E-state index in [-0.39, 0.29) is 11.8 Å². The summed E-state index contributed by atoms with van der Waals surface area (Å²) in [7, 11) is 3.36. The predicted molar refractivity (Wildman–Crippen MR) is 64.6 cm³/mol. The van der Waals surface area contributed by atoms with E-state index in [1.807, 2.05) is 31.2 Å². The van der Waals surface area contributed by atoms with Gasteiger partial charge < -0.3 is 15.4 Å². The molecule has 2 N–H and O–H groups in total. The second kappa shape index (κ2) is 5.51. The van der Waals surface area contributed by atoms with Crippen LogP contribution >= 0.6 is 0 Å². The number of benzene rings is 1. The third-order valence-corrected chi connectivity index (χ3v) is 2.57. The normalized spacial score (nSPS) is 12.0. The van der Waals surface area contributed by atoms with Crippen molar-refractivity contribution in [3.05, 3.63) is 24.3 Å². The van der Waals surface area contributed by atoms with Gasteiger partial charge in [0.25, 0.3) is 0 Å². The highest BCUT2D eigenvalue weighted by molar-refractivity contribution is 5.94. The highest BCUT2D eigenvalue weighted by Crippen LogP contribution is 2.19. The number of methoxy groups -OCH3 is 1. The molecule has 1 unspecified atom stereocenters. The van der Waals surface area contributed by atoms with Gasteiger partial charge in [0.1, 0.15) is 5.75 Å². The summed E-state index contributed by atoms with van der Waals surface area (Å²) >= 11 is 0. The van der Waals surface area contributed by atoms with Crippen LogP contribution < -0.4 is 15.4 Å². The summed E-state index contributed by atoms with van der Waals surface area (Å²) in [5, 5.41) is 0. The topological polar surface area (TPSA) is 55.6 Å². The molecule has 0 saturated carbocycles.